The summed E-state index contributed by atoms with van der Waals surface area (Å²) in [6.07, 6.45) is 2.40. The number of Topliss-reactive ketones (excluding diaryl/α,β-unsaturated/α-hetero) is 1. The zero-order valence-corrected chi connectivity index (χ0v) is 11.7. The molecule has 3 rings (SSSR count). The van der Waals surface area contributed by atoms with Crippen molar-refractivity contribution >= 4 is 17.5 Å². The first-order valence-electron chi connectivity index (χ1n) is 6.81. The normalized spacial score (nSPS) is 13.7. The van der Waals surface area contributed by atoms with E-state index in [1.54, 1.807) is 35.5 Å². The molecule has 6 nitrogen and oxygen atoms in total. The standard InChI is InChI=1S/C15H16N4O2/c1-10(20)11-3-2-4-12(7-11)18-15(21)19-6-5-13-14(8-19)17-9-16-13/h2-4,7,9H,5-6,8H2,1H3,(H,16,17)(H,18,21). The Hall–Kier alpha value is -2.63. The lowest BCUT2D eigenvalue weighted by Gasteiger charge is -2.26. The second-order valence-corrected chi connectivity index (χ2v) is 5.07. The van der Waals surface area contributed by atoms with Gasteiger partial charge >= 0.3 is 6.03 Å². The van der Waals surface area contributed by atoms with E-state index in [2.05, 4.69) is 15.3 Å². The number of benzene rings is 1. The van der Waals surface area contributed by atoms with Crippen molar-refractivity contribution in [3.63, 3.8) is 0 Å². The highest BCUT2D eigenvalue weighted by molar-refractivity contribution is 5.96. The molecule has 0 atom stereocenters. The minimum absolute atomic E-state index is 0.0221. The average Bonchev–Trinajstić information content (AvgIpc) is 2.94. The number of hydrogen-bond acceptors (Lipinski definition) is 3. The quantitative estimate of drug-likeness (QED) is 0.830. The third-order valence-corrected chi connectivity index (χ3v) is 3.58. The first-order valence-corrected chi connectivity index (χ1v) is 6.81. The number of carbonyl (C=O) groups is 2. The molecule has 1 aromatic carbocycles. The van der Waals surface area contributed by atoms with Crippen molar-refractivity contribution in [3.05, 3.63) is 47.5 Å². The molecular weight excluding hydrogens is 268 g/mol. The number of rotatable bonds is 2. The number of carbonyl (C=O) groups excluding carboxylic acids is 2. The highest BCUT2D eigenvalue weighted by Crippen LogP contribution is 2.17. The highest BCUT2D eigenvalue weighted by Gasteiger charge is 2.22. The van der Waals surface area contributed by atoms with Gasteiger partial charge in [0.1, 0.15) is 0 Å². The fourth-order valence-electron chi connectivity index (χ4n) is 2.40. The van der Waals surface area contributed by atoms with Crippen LogP contribution in [0, 0.1) is 0 Å². The molecule has 1 aromatic heterocycles. The van der Waals surface area contributed by atoms with Crippen LogP contribution in [0.5, 0.6) is 0 Å². The summed E-state index contributed by atoms with van der Waals surface area (Å²) in [5.74, 6) is -0.0221. The lowest BCUT2D eigenvalue weighted by Crippen LogP contribution is -2.39. The van der Waals surface area contributed by atoms with Crippen LogP contribution in [0.15, 0.2) is 30.6 Å². The first-order chi connectivity index (χ1) is 10.1. The monoisotopic (exact) mass is 284 g/mol. The van der Waals surface area contributed by atoms with Crippen molar-refractivity contribution in [2.45, 2.75) is 19.9 Å². The molecule has 1 aliphatic heterocycles. The minimum atomic E-state index is -0.170. The predicted octanol–water partition coefficient (Wildman–Crippen LogP) is 2.20. The Balaban J connectivity index is 1.70. The number of nitrogens with zero attached hydrogens (tertiary/aromatic N) is 2. The minimum Gasteiger partial charge on any atom is -0.347 e. The molecule has 0 fully saturated rings. The average molecular weight is 284 g/mol. The van der Waals surface area contributed by atoms with E-state index in [9.17, 15) is 9.59 Å². The van der Waals surface area contributed by atoms with Gasteiger partial charge in [0.2, 0.25) is 0 Å². The third kappa shape index (κ3) is 2.79. The summed E-state index contributed by atoms with van der Waals surface area (Å²) in [5.41, 5.74) is 3.22. The fraction of sp³-hybridized carbons (Fsp3) is 0.267. The molecule has 0 radical (unpaired) electrons. The lowest BCUT2D eigenvalue weighted by atomic mass is 10.1. The summed E-state index contributed by atoms with van der Waals surface area (Å²) >= 11 is 0. The maximum Gasteiger partial charge on any atom is 0.322 e. The van der Waals surface area contributed by atoms with Crippen LogP contribution in [0.3, 0.4) is 0 Å². The van der Waals surface area contributed by atoms with E-state index in [-0.39, 0.29) is 11.8 Å². The van der Waals surface area contributed by atoms with E-state index < -0.39 is 0 Å². The van der Waals surface area contributed by atoms with Crippen LogP contribution in [0.25, 0.3) is 0 Å². The van der Waals surface area contributed by atoms with Gasteiger partial charge in [-0.25, -0.2) is 9.78 Å². The molecular formula is C15H16N4O2. The smallest absolute Gasteiger partial charge is 0.322 e. The number of fused-ring (bicyclic) bond motifs is 1. The Morgan fingerprint density at radius 2 is 2.24 bits per heavy atom. The van der Waals surface area contributed by atoms with Crippen LogP contribution < -0.4 is 5.32 Å². The SMILES string of the molecule is CC(=O)c1cccc(NC(=O)N2CCc3nc[nH]c3C2)c1. The largest absolute Gasteiger partial charge is 0.347 e. The Morgan fingerprint density at radius 1 is 1.38 bits per heavy atom. The molecule has 2 aromatic rings. The highest BCUT2D eigenvalue weighted by atomic mass is 16.2. The number of amides is 2. The van der Waals surface area contributed by atoms with Crippen LogP contribution in [-0.2, 0) is 13.0 Å². The van der Waals surface area contributed by atoms with Gasteiger partial charge in [-0.3, -0.25) is 4.79 Å². The van der Waals surface area contributed by atoms with Gasteiger partial charge in [0.25, 0.3) is 0 Å². The number of aromatic amines is 1. The Morgan fingerprint density at radius 3 is 3.05 bits per heavy atom. The lowest BCUT2D eigenvalue weighted by molar-refractivity contribution is 0.101. The van der Waals surface area contributed by atoms with Gasteiger partial charge in [-0.05, 0) is 19.1 Å². The molecule has 0 saturated heterocycles. The number of imidazole rings is 1. The summed E-state index contributed by atoms with van der Waals surface area (Å²) in [5, 5.41) is 2.83. The zero-order valence-electron chi connectivity index (χ0n) is 11.7. The Kier molecular flexibility index (Phi) is 3.43. The molecule has 21 heavy (non-hydrogen) atoms. The van der Waals surface area contributed by atoms with Crippen molar-refractivity contribution in [2.75, 3.05) is 11.9 Å². The first kappa shape index (κ1) is 13.4. The summed E-state index contributed by atoms with van der Waals surface area (Å²) in [6, 6.07) is 6.78. The summed E-state index contributed by atoms with van der Waals surface area (Å²) < 4.78 is 0. The molecule has 1 aliphatic rings. The number of hydrogen-bond donors (Lipinski definition) is 2. The van der Waals surface area contributed by atoms with Crippen LogP contribution >= 0.6 is 0 Å². The van der Waals surface area contributed by atoms with E-state index in [1.807, 2.05) is 0 Å². The maximum absolute atomic E-state index is 12.3. The van der Waals surface area contributed by atoms with Gasteiger partial charge in [0.15, 0.2) is 5.78 Å². The maximum atomic E-state index is 12.3. The second-order valence-electron chi connectivity index (χ2n) is 5.07. The van der Waals surface area contributed by atoms with E-state index >= 15 is 0 Å². The van der Waals surface area contributed by atoms with E-state index in [4.69, 9.17) is 0 Å². The predicted molar refractivity (Wildman–Crippen MR) is 78.2 cm³/mol. The molecule has 108 valence electrons. The number of H-pyrrole nitrogens is 1. The molecule has 0 spiro atoms. The second kappa shape index (κ2) is 5.40. The Labute approximate surface area is 122 Å². The van der Waals surface area contributed by atoms with Gasteiger partial charge in [0, 0.05) is 24.2 Å². The van der Waals surface area contributed by atoms with Crippen molar-refractivity contribution in [3.8, 4) is 0 Å². The fourth-order valence-corrected chi connectivity index (χ4v) is 2.40. The van der Waals surface area contributed by atoms with Gasteiger partial charge in [-0.1, -0.05) is 12.1 Å². The van der Waals surface area contributed by atoms with Crippen LogP contribution in [0.4, 0.5) is 10.5 Å². The van der Waals surface area contributed by atoms with Crippen molar-refractivity contribution in [1.82, 2.24) is 14.9 Å². The van der Waals surface area contributed by atoms with Gasteiger partial charge in [-0.15, -0.1) is 0 Å². The van der Waals surface area contributed by atoms with Gasteiger partial charge in [-0.2, -0.15) is 0 Å². The molecule has 0 bridgehead atoms. The molecule has 0 unspecified atom stereocenters. The van der Waals surface area contributed by atoms with E-state index in [0.29, 0.717) is 24.3 Å². The molecule has 0 saturated carbocycles. The van der Waals surface area contributed by atoms with Crippen molar-refractivity contribution in [1.29, 1.82) is 0 Å². The molecule has 2 heterocycles. The molecule has 2 N–H and O–H groups in total. The van der Waals surface area contributed by atoms with E-state index in [1.165, 1.54) is 6.92 Å². The number of aromatic nitrogens is 2. The third-order valence-electron chi connectivity index (χ3n) is 3.58. The van der Waals surface area contributed by atoms with Crippen LogP contribution in [0.2, 0.25) is 0 Å². The number of anilines is 1. The number of ketones is 1. The zero-order chi connectivity index (χ0) is 14.8. The van der Waals surface area contributed by atoms with Crippen LogP contribution in [-0.4, -0.2) is 33.2 Å². The van der Waals surface area contributed by atoms with Gasteiger partial charge in [0.05, 0.1) is 24.3 Å². The summed E-state index contributed by atoms with van der Waals surface area (Å²) in [4.78, 5) is 32.6. The molecule has 2 amide bonds. The van der Waals surface area contributed by atoms with Crippen LogP contribution in [0.1, 0.15) is 28.7 Å². The molecule has 6 heteroatoms. The molecule has 0 aliphatic carbocycles. The van der Waals surface area contributed by atoms with Gasteiger partial charge < -0.3 is 15.2 Å². The number of urea groups is 1. The number of nitrogens with one attached hydrogen (secondary N) is 2. The van der Waals surface area contributed by atoms with Crippen molar-refractivity contribution in [2.24, 2.45) is 0 Å². The summed E-state index contributed by atoms with van der Waals surface area (Å²) in [6.45, 7) is 2.66. The summed E-state index contributed by atoms with van der Waals surface area (Å²) in [7, 11) is 0. The Bertz CT molecular complexity index is 692. The topological polar surface area (TPSA) is 78.1 Å². The van der Waals surface area contributed by atoms with Crippen molar-refractivity contribution < 1.29 is 9.59 Å². The van der Waals surface area contributed by atoms with E-state index in [0.717, 1.165) is 17.8 Å².